The van der Waals surface area contributed by atoms with Crippen molar-refractivity contribution in [2.75, 3.05) is 16.0 Å². The minimum Gasteiger partial charge on any atom is -0.359 e. The van der Waals surface area contributed by atoms with Gasteiger partial charge in [-0.2, -0.15) is 0 Å². The summed E-state index contributed by atoms with van der Waals surface area (Å²) in [6.07, 6.45) is 1.66. The van der Waals surface area contributed by atoms with E-state index in [1.807, 2.05) is 30.3 Å². The van der Waals surface area contributed by atoms with Crippen molar-refractivity contribution >= 4 is 23.1 Å². The Morgan fingerprint density at radius 2 is 1.69 bits per heavy atom. The second kappa shape index (κ2) is 8.18. The quantitative estimate of drug-likeness (QED) is 0.552. The lowest BCUT2D eigenvalue weighted by atomic mass is 9.93. The highest BCUT2D eigenvalue weighted by atomic mass is 16.5. The number of amides is 1. The molecule has 2 aromatic heterocycles. The number of hydrogen-bond acceptors (Lipinski definition) is 6. The lowest BCUT2D eigenvalue weighted by Crippen LogP contribution is -2.14. The molecule has 0 saturated heterocycles. The normalized spacial score (nSPS) is 11.0. The second-order valence-electron chi connectivity index (χ2n) is 7.72. The molecule has 7 heteroatoms. The standard InChI is InChI=1S/C22H25N5O2/c1-14-18(7-6-12-23-14)21(28)26-17-10-8-16(9-11-17)24-15(2)25-20-13-19(29-27-20)22(3,4)5/h6-13,24H,2H2,1,3-5H3,(H,25,27)(H,26,28). The van der Waals surface area contributed by atoms with Crippen LogP contribution in [0.15, 0.2) is 65.6 Å². The second-order valence-corrected chi connectivity index (χ2v) is 7.72. The van der Waals surface area contributed by atoms with Gasteiger partial charge in [-0.05, 0) is 43.3 Å². The van der Waals surface area contributed by atoms with Crippen molar-refractivity contribution in [3.63, 3.8) is 0 Å². The molecule has 0 atom stereocenters. The van der Waals surface area contributed by atoms with Crippen molar-refractivity contribution in [3.05, 3.63) is 78.1 Å². The summed E-state index contributed by atoms with van der Waals surface area (Å²) in [7, 11) is 0. The van der Waals surface area contributed by atoms with Crippen LogP contribution in [0.3, 0.4) is 0 Å². The van der Waals surface area contributed by atoms with Crippen LogP contribution in [-0.4, -0.2) is 16.0 Å². The van der Waals surface area contributed by atoms with Crippen LogP contribution >= 0.6 is 0 Å². The van der Waals surface area contributed by atoms with Gasteiger partial charge in [0, 0.05) is 34.7 Å². The Hall–Kier alpha value is -3.61. The van der Waals surface area contributed by atoms with Crippen molar-refractivity contribution in [2.45, 2.75) is 33.1 Å². The fourth-order valence-electron chi connectivity index (χ4n) is 2.61. The molecule has 1 aromatic carbocycles. The molecule has 0 spiro atoms. The number of aryl methyl sites for hydroxylation is 1. The molecule has 7 nitrogen and oxygen atoms in total. The summed E-state index contributed by atoms with van der Waals surface area (Å²) >= 11 is 0. The van der Waals surface area contributed by atoms with Crippen molar-refractivity contribution < 1.29 is 9.32 Å². The van der Waals surface area contributed by atoms with E-state index in [0.717, 1.165) is 11.4 Å². The number of nitrogens with one attached hydrogen (secondary N) is 3. The molecule has 0 aliphatic heterocycles. The van der Waals surface area contributed by atoms with Crippen LogP contribution in [0.4, 0.5) is 17.2 Å². The Balaban J connectivity index is 1.57. The van der Waals surface area contributed by atoms with Gasteiger partial charge in [0.1, 0.15) is 11.6 Å². The zero-order chi connectivity index (χ0) is 21.0. The Morgan fingerprint density at radius 3 is 2.28 bits per heavy atom. The van der Waals surface area contributed by atoms with Crippen molar-refractivity contribution in [1.29, 1.82) is 0 Å². The molecule has 0 bridgehead atoms. The first kappa shape index (κ1) is 20.1. The highest BCUT2D eigenvalue weighted by Gasteiger charge is 2.19. The summed E-state index contributed by atoms with van der Waals surface area (Å²) in [4.78, 5) is 16.5. The van der Waals surface area contributed by atoms with E-state index in [-0.39, 0.29) is 11.3 Å². The average molecular weight is 391 g/mol. The third kappa shape index (κ3) is 5.22. The van der Waals surface area contributed by atoms with Crippen molar-refractivity contribution in [2.24, 2.45) is 0 Å². The largest absolute Gasteiger partial charge is 0.359 e. The van der Waals surface area contributed by atoms with Gasteiger partial charge in [0.25, 0.3) is 5.91 Å². The van der Waals surface area contributed by atoms with Gasteiger partial charge in [-0.25, -0.2) is 0 Å². The molecule has 0 radical (unpaired) electrons. The molecule has 0 aliphatic carbocycles. The predicted molar refractivity (Wildman–Crippen MR) is 115 cm³/mol. The highest BCUT2D eigenvalue weighted by molar-refractivity contribution is 6.05. The van der Waals surface area contributed by atoms with Crippen LogP contribution in [0, 0.1) is 6.92 Å². The topological polar surface area (TPSA) is 92.1 Å². The summed E-state index contributed by atoms with van der Waals surface area (Å²) < 4.78 is 5.35. The number of nitrogens with zero attached hydrogens (tertiary/aromatic N) is 2. The smallest absolute Gasteiger partial charge is 0.257 e. The Kier molecular flexibility index (Phi) is 5.68. The van der Waals surface area contributed by atoms with Gasteiger partial charge in [-0.1, -0.05) is 32.5 Å². The molecule has 150 valence electrons. The number of pyridine rings is 1. The Morgan fingerprint density at radius 1 is 1.03 bits per heavy atom. The number of anilines is 3. The number of carbonyl (C=O) groups excluding carboxylic acids is 1. The number of benzene rings is 1. The number of rotatable bonds is 6. The van der Waals surface area contributed by atoms with Crippen LogP contribution in [0.25, 0.3) is 0 Å². The third-order valence-corrected chi connectivity index (χ3v) is 4.22. The van der Waals surface area contributed by atoms with Gasteiger partial charge in [0.05, 0.1) is 5.56 Å². The number of aromatic nitrogens is 2. The van der Waals surface area contributed by atoms with Gasteiger partial charge in [-0.3, -0.25) is 9.78 Å². The molecular weight excluding hydrogens is 366 g/mol. The van der Waals surface area contributed by atoms with Crippen molar-refractivity contribution in [3.8, 4) is 0 Å². The molecular formula is C22H25N5O2. The molecule has 0 saturated carbocycles. The third-order valence-electron chi connectivity index (χ3n) is 4.22. The maximum absolute atomic E-state index is 12.4. The van der Waals surface area contributed by atoms with E-state index in [9.17, 15) is 4.79 Å². The lowest BCUT2D eigenvalue weighted by molar-refractivity contribution is 0.102. The van der Waals surface area contributed by atoms with E-state index in [0.29, 0.717) is 28.6 Å². The average Bonchev–Trinajstić information content (AvgIpc) is 3.12. The summed E-state index contributed by atoms with van der Waals surface area (Å²) in [5.41, 5.74) is 2.63. The maximum atomic E-state index is 12.4. The first-order chi connectivity index (χ1) is 13.7. The Labute approximate surface area is 170 Å². The summed E-state index contributed by atoms with van der Waals surface area (Å²) in [5, 5.41) is 13.1. The van der Waals surface area contributed by atoms with Crippen LogP contribution in [0.2, 0.25) is 0 Å². The van der Waals surface area contributed by atoms with E-state index in [2.05, 4.69) is 53.4 Å². The van der Waals surface area contributed by atoms with E-state index in [1.54, 1.807) is 25.3 Å². The molecule has 29 heavy (non-hydrogen) atoms. The monoisotopic (exact) mass is 391 g/mol. The van der Waals surface area contributed by atoms with E-state index < -0.39 is 0 Å². The molecule has 2 heterocycles. The van der Waals surface area contributed by atoms with Crippen LogP contribution in [0.1, 0.15) is 42.6 Å². The number of hydrogen-bond donors (Lipinski definition) is 3. The van der Waals surface area contributed by atoms with Gasteiger partial charge >= 0.3 is 0 Å². The van der Waals surface area contributed by atoms with Gasteiger partial charge in [0.2, 0.25) is 0 Å². The van der Waals surface area contributed by atoms with Crippen LogP contribution in [-0.2, 0) is 5.41 Å². The minimum absolute atomic E-state index is 0.115. The van der Waals surface area contributed by atoms with Gasteiger partial charge < -0.3 is 20.5 Å². The highest BCUT2D eigenvalue weighted by Crippen LogP contribution is 2.25. The molecule has 3 N–H and O–H groups in total. The van der Waals surface area contributed by atoms with Gasteiger partial charge in [-0.15, -0.1) is 0 Å². The fourth-order valence-corrected chi connectivity index (χ4v) is 2.61. The van der Waals surface area contributed by atoms with E-state index in [4.69, 9.17) is 4.52 Å². The number of carbonyl (C=O) groups is 1. The zero-order valence-electron chi connectivity index (χ0n) is 17.0. The zero-order valence-corrected chi connectivity index (χ0v) is 17.0. The SMILES string of the molecule is C=C(Nc1ccc(NC(=O)c2cccnc2C)cc1)Nc1cc(C(C)(C)C)on1. The predicted octanol–water partition coefficient (Wildman–Crippen LogP) is 4.92. The Bertz CT molecular complexity index is 1020. The van der Waals surface area contributed by atoms with Crippen LogP contribution < -0.4 is 16.0 Å². The molecule has 0 aliphatic rings. The fraction of sp³-hybridized carbons (Fsp3) is 0.227. The maximum Gasteiger partial charge on any atom is 0.257 e. The summed E-state index contributed by atoms with van der Waals surface area (Å²) in [5.74, 6) is 1.74. The van der Waals surface area contributed by atoms with Gasteiger partial charge in [0.15, 0.2) is 5.82 Å². The summed E-state index contributed by atoms with van der Waals surface area (Å²) in [6.45, 7) is 11.9. The first-order valence-electron chi connectivity index (χ1n) is 9.25. The van der Waals surface area contributed by atoms with Crippen molar-refractivity contribution in [1.82, 2.24) is 10.1 Å². The van der Waals surface area contributed by atoms with Crippen LogP contribution in [0.5, 0.6) is 0 Å². The molecule has 0 fully saturated rings. The minimum atomic E-state index is -0.192. The molecule has 3 aromatic rings. The van der Waals surface area contributed by atoms with E-state index in [1.165, 1.54) is 0 Å². The molecule has 0 unspecified atom stereocenters. The first-order valence-corrected chi connectivity index (χ1v) is 9.25. The molecule has 1 amide bonds. The lowest BCUT2D eigenvalue weighted by Gasteiger charge is -2.12. The summed E-state index contributed by atoms with van der Waals surface area (Å²) in [6, 6.07) is 12.7. The van der Waals surface area contributed by atoms with E-state index >= 15 is 0 Å². The molecule has 3 rings (SSSR count).